The fraction of sp³-hybridized carbons (Fsp3) is 0.500. The van der Waals surface area contributed by atoms with E-state index in [4.69, 9.17) is 15.2 Å². The summed E-state index contributed by atoms with van der Waals surface area (Å²) >= 11 is 0. The van der Waals surface area contributed by atoms with Crippen molar-refractivity contribution in [2.45, 2.75) is 32.9 Å². The number of carbonyl (C=O) groups excluding carboxylic acids is 1. The second-order valence-electron chi connectivity index (χ2n) is 10.4. The number of ether oxygens (including phenoxy) is 2. The fourth-order valence-corrected chi connectivity index (χ4v) is 5.11. The normalized spacial score (nSPS) is 18.6. The van der Waals surface area contributed by atoms with Gasteiger partial charge in [0.05, 0.1) is 31.7 Å². The highest BCUT2D eigenvalue weighted by Crippen LogP contribution is 2.21. The van der Waals surface area contributed by atoms with Gasteiger partial charge in [-0.15, -0.1) is 0 Å². The number of nitrogens with two attached hydrogens (primary N) is 1. The average Bonchev–Trinajstić information content (AvgIpc) is 2.98. The number of amides is 1. The van der Waals surface area contributed by atoms with Crippen molar-refractivity contribution in [3.63, 3.8) is 0 Å². The molecule has 2 aliphatic rings. The Morgan fingerprint density at radius 2 is 1.82 bits per heavy atom. The van der Waals surface area contributed by atoms with Crippen LogP contribution in [0.4, 0.5) is 0 Å². The molecule has 0 saturated carbocycles. The quantitative estimate of drug-likeness (QED) is 0.443. The minimum absolute atomic E-state index is 0.0982. The predicted octanol–water partition coefficient (Wildman–Crippen LogP) is 0.696. The Balaban J connectivity index is 1.50. The summed E-state index contributed by atoms with van der Waals surface area (Å²) in [5, 5.41) is 4.67. The molecule has 1 amide bonds. The lowest BCUT2D eigenvalue weighted by molar-refractivity contribution is 0.0160. The monoisotopic (exact) mass is 549 g/mol. The largest absolute Gasteiger partial charge is 0.464 e. The van der Waals surface area contributed by atoms with E-state index in [1.165, 1.54) is 0 Å². The fourth-order valence-electron chi connectivity index (χ4n) is 5.11. The van der Waals surface area contributed by atoms with Crippen LogP contribution in [-0.2, 0) is 4.74 Å². The first-order valence-corrected chi connectivity index (χ1v) is 14.2. The molecule has 10 heteroatoms. The van der Waals surface area contributed by atoms with E-state index in [1.54, 1.807) is 12.4 Å². The second-order valence-corrected chi connectivity index (χ2v) is 10.4. The Kier molecular flexibility index (Phi) is 10.5. The zero-order valence-electron chi connectivity index (χ0n) is 24.0. The van der Waals surface area contributed by atoms with E-state index in [2.05, 4.69) is 50.4 Å². The van der Waals surface area contributed by atoms with E-state index < -0.39 is 0 Å². The minimum Gasteiger partial charge on any atom is -0.464 e. The van der Waals surface area contributed by atoms with Gasteiger partial charge in [0.1, 0.15) is 0 Å². The standard InChI is InChI=1S/C30H43N7O3/c1-5-40-30-33-19-24(20-34-30)27(36-15-17-39-18-16-36)21-32-29(38)26-8-6-7-23(4)25(26)9-10-28(31)37-13-11-35(12-14-37)22(2)3/h6-10,19-20,22,27H,4-5,11-18,21,31H2,1-3H3,(H,32,38)/b25-9+,28-10+. The molecular formula is C30H43N7O3. The van der Waals surface area contributed by atoms with Crippen molar-refractivity contribution in [1.82, 2.24) is 30.0 Å². The van der Waals surface area contributed by atoms with Gasteiger partial charge >= 0.3 is 6.01 Å². The summed E-state index contributed by atoms with van der Waals surface area (Å²) in [4.78, 5) is 29.1. The Labute approximate surface area is 237 Å². The number of nitrogens with zero attached hydrogens (tertiary/aromatic N) is 5. The maximum absolute atomic E-state index is 13.5. The van der Waals surface area contributed by atoms with Gasteiger partial charge in [0, 0.05) is 75.4 Å². The number of piperazine rings is 1. The molecule has 1 aromatic carbocycles. The first-order chi connectivity index (χ1) is 19.4. The molecule has 2 saturated heterocycles. The molecule has 0 aliphatic carbocycles. The Morgan fingerprint density at radius 3 is 2.48 bits per heavy atom. The number of allylic oxidation sites excluding steroid dienone is 1. The van der Waals surface area contributed by atoms with E-state index >= 15 is 0 Å². The summed E-state index contributed by atoms with van der Waals surface area (Å²) in [6.07, 6.45) is 7.34. The number of nitrogens with one attached hydrogen (secondary N) is 1. The molecule has 10 nitrogen and oxygen atoms in total. The Hall–Kier alpha value is -3.47. The molecule has 3 N–H and O–H groups in total. The number of aromatic nitrogens is 2. The van der Waals surface area contributed by atoms with Crippen molar-refractivity contribution in [3.05, 3.63) is 64.1 Å². The third-order valence-electron chi connectivity index (χ3n) is 7.52. The summed E-state index contributed by atoms with van der Waals surface area (Å²) < 4.78 is 11.0. The summed E-state index contributed by atoms with van der Waals surface area (Å²) in [5.74, 6) is 0.528. The smallest absolute Gasteiger partial charge is 0.316 e. The highest BCUT2D eigenvalue weighted by Gasteiger charge is 2.25. The number of benzene rings is 1. The summed E-state index contributed by atoms with van der Waals surface area (Å²) in [5.41, 5.74) is 7.92. The molecule has 0 spiro atoms. The lowest BCUT2D eigenvalue weighted by atomic mass is 10.1. The molecular weight excluding hydrogens is 506 g/mol. The number of carbonyl (C=O) groups is 1. The van der Waals surface area contributed by atoms with Crippen molar-refractivity contribution in [3.8, 4) is 6.01 Å². The summed E-state index contributed by atoms with van der Waals surface area (Å²) in [7, 11) is 0. The van der Waals surface area contributed by atoms with Crippen LogP contribution in [0.15, 0.2) is 42.5 Å². The van der Waals surface area contributed by atoms with E-state index in [1.807, 2.05) is 37.3 Å². The van der Waals surface area contributed by atoms with Crippen LogP contribution < -0.4 is 26.2 Å². The third-order valence-corrected chi connectivity index (χ3v) is 7.52. The zero-order valence-corrected chi connectivity index (χ0v) is 24.0. The Bertz CT molecular complexity index is 1250. The maximum atomic E-state index is 13.5. The first kappa shape index (κ1) is 29.5. The van der Waals surface area contributed by atoms with E-state index in [0.29, 0.717) is 49.8 Å². The van der Waals surface area contributed by atoms with Crippen LogP contribution in [0.5, 0.6) is 6.01 Å². The van der Waals surface area contributed by atoms with Gasteiger partial charge < -0.3 is 25.4 Å². The van der Waals surface area contributed by atoms with Crippen LogP contribution in [0, 0.1) is 0 Å². The molecule has 0 bridgehead atoms. The molecule has 0 radical (unpaired) electrons. The molecule has 1 aromatic heterocycles. The minimum atomic E-state index is -0.167. The summed E-state index contributed by atoms with van der Waals surface area (Å²) in [6, 6.07) is 6.36. The highest BCUT2D eigenvalue weighted by molar-refractivity contribution is 5.94. The maximum Gasteiger partial charge on any atom is 0.316 e. The number of rotatable bonds is 10. The lowest BCUT2D eigenvalue weighted by Gasteiger charge is -2.38. The van der Waals surface area contributed by atoms with Gasteiger partial charge in [-0.2, -0.15) is 0 Å². The number of hydrogen-bond donors (Lipinski definition) is 2. The first-order valence-electron chi connectivity index (χ1n) is 14.2. The molecule has 40 heavy (non-hydrogen) atoms. The van der Waals surface area contributed by atoms with Crippen LogP contribution in [0.1, 0.15) is 42.7 Å². The number of morpholine rings is 1. The van der Waals surface area contributed by atoms with Gasteiger partial charge in [-0.25, -0.2) is 9.97 Å². The lowest BCUT2D eigenvalue weighted by Crippen LogP contribution is -2.49. The molecule has 2 aromatic rings. The van der Waals surface area contributed by atoms with Crippen molar-refractivity contribution in [2.24, 2.45) is 5.73 Å². The van der Waals surface area contributed by atoms with Crippen LogP contribution in [0.3, 0.4) is 0 Å². The van der Waals surface area contributed by atoms with Gasteiger partial charge in [0.15, 0.2) is 0 Å². The van der Waals surface area contributed by atoms with Gasteiger partial charge in [-0.3, -0.25) is 14.6 Å². The molecule has 1 unspecified atom stereocenters. The van der Waals surface area contributed by atoms with Crippen LogP contribution in [0.2, 0.25) is 0 Å². The van der Waals surface area contributed by atoms with E-state index in [0.717, 1.165) is 55.3 Å². The molecule has 3 heterocycles. The average molecular weight is 550 g/mol. The topological polar surface area (TPSA) is 109 Å². The number of hydrogen-bond acceptors (Lipinski definition) is 9. The summed E-state index contributed by atoms with van der Waals surface area (Å²) in [6.45, 7) is 17.9. The molecule has 4 rings (SSSR count). The second kappa shape index (κ2) is 14.2. The van der Waals surface area contributed by atoms with E-state index in [9.17, 15) is 4.79 Å². The van der Waals surface area contributed by atoms with Crippen molar-refractivity contribution in [2.75, 3.05) is 65.6 Å². The predicted molar refractivity (Wildman–Crippen MR) is 157 cm³/mol. The zero-order chi connectivity index (χ0) is 28.5. The van der Waals surface area contributed by atoms with Gasteiger partial charge in [-0.05, 0) is 43.4 Å². The van der Waals surface area contributed by atoms with Crippen molar-refractivity contribution < 1.29 is 14.3 Å². The molecule has 1 atom stereocenters. The van der Waals surface area contributed by atoms with Crippen LogP contribution in [-0.4, -0.2) is 102 Å². The van der Waals surface area contributed by atoms with Gasteiger partial charge in [0.2, 0.25) is 0 Å². The molecule has 2 fully saturated rings. The highest BCUT2D eigenvalue weighted by atomic mass is 16.5. The van der Waals surface area contributed by atoms with Gasteiger partial charge in [0.25, 0.3) is 5.91 Å². The van der Waals surface area contributed by atoms with Crippen LogP contribution in [0.25, 0.3) is 12.7 Å². The van der Waals surface area contributed by atoms with Crippen LogP contribution >= 0.6 is 0 Å². The third kappa shape index (κ3) is 7.59. The molecule has 216 valence electrons. The molecule has 2 aliphatic heterocycles. The van der Waals surface area contributed by atoms with E-state index in [-0.39, 0.29) is 11.9 Å². The van der Waals surface area contributed by atoms with Gasteiger partial charge in [-0.1, -0.05) is 24.8 Å². The Morgan fingerprint density at radius 1 is 1.12 bits per heavy atom. The van der Waals surface area contributed by atoms with Crippen molar-refractivity contribution >= 4 is 18.6 Å². The van der Waals surface area contributed by atoms with Crippen molar-refractivity contribution in [1.29, 1.82) is 0 Å². The SMILES string of the molecule is C=c1cccc(C(=O)NCC(c2cnc(OCC)nc2)N2CCOCC2)/c1=C/C=C(\N)N1CCN(C(C)C)CC1.